The molecule has 1 heterocycles. The molecule has 0 aliphatic carbocycles. The molecule has 1 atom stereocenters. The Kier molecular flexibility index (Phi) is 11.3. The summed E-state index contributed by atoms with van der Waals surface area (Å²) in [5.41, 5.74) is 0. The van der Waals surface area contributed by atoms with E-state index in [0.717, 1.165) is 25.7 Å². The second-order valence-corrected chi connectivity index (χ2v) is 11.7. The van der Waals surface area contributed by atoms with Crippen LogP contribution in [0, 0.1) is 0 Å². The van der Waals surface area contributed by atoms with Crippen molar-refractivity contribution < 1.29 is 14.0 Å². The molecule has 4 heteroatoms. The van der Waals surface area contributed by atoms with Crippen LogP contribution in [-0.4, -0.2) is 27.0 Å². The van der Waals surface area contributed by atoms with Gasteiger partial charge in [0, 0.05) is 6.42 Å². The molecule has 140 valence electrons. The number of ether oxygens (including phenoxy) is 1. The maximum absolute atomic E-state index is 11.6. The smallest absolute Gasteiger partial charge is 0.305 e. The first-order valence-corrected chi connectivity index (χ1v) is 12.7. The van der Waals surface area contributed by atoms with Crippen LogP contribution in [0.15, 0.2) is 12.2 Å². The summed E-state index contributed by atoms with van der Waals surface area (Å²) in [5, 5.41) is 0. The Labute approximate surface area is 150 Å². The molecule has 24 heavy (non-hydrogen) atoms. The Morgan fingerprint density at radius 1 is 1.04 bits per heavy atom. The molecule has 0 radical (unpaired) electrons. The van der Waals surface area contributed by atoms with Gasteiger partial charge in [-0.1, -0.05) is 65.0 Å². The fraction of sp³-hybridized carbons (Fsp3) is 0.850. The quantitative estimate of drug-likeness (QED) is 0.345. The molecule has 0 fully saturated rings. The van der Waals surface area contributed by atoms with Crippen LogP contribution in [0.25, 0.3) is 0 Å². The SMILES string of the molecule is CC[Si](CC)(CC)OC1/C=C/CCOC(=O)CCCCCCCC1. The van der Waals surface area contributed by atoms with Crippen molar-refractivity contribution in [2.24, 2.45) is 0 Å². The van der Waals surface area contributed by atoms with E-state index in [-0.39, 0.29) is 12.1 Å². The number of hydrogen-bond acceptors (Lipinski definition) is 3. The molecule has 0 saturated carbocycles. The summed E-state index contributed by atoms with van der Waals surface area (Å²) in [6.45, 7) is 7.36. The lowest BCUT2D eigenvalue weighted by Crippen LogP contribution is -2.39. The van der Waals surface area contributed by atoms with Crippen LogP contribution in [0.5, 0.6) is 0 Å². The highest BCUT2D eigenvalue weighted by molar-refractivity contribution is 6.73. The minimum Gasteiger partial charge on any atom is -0.465 e. The average molecular weight is 355 g/mol. The topological polar surface area (TPSA) is 35.5 Å². The molecule has 0 aromatic heterocycles. The number of esters is 1. The maximum Gasteiger partial charge on any atom is 0.305 e. The summed E-state index contributed by atoms with van der Waals surface area (Å²) in [6, 6.07) is 3.59. The van der Waals surface area contributed by atoms with Crippen LogP contribution in [0.4, 0.5) is 0 Å². The van der Waals surface area contributed by atoms with E-state index in [2.05, 4.69) is 32.9 Å². The van der Waals surface area contributed by atoms with E-state index in [0.29, 0.717) is 13.0 Å². The van der Waals surface area contributed by atoms with Gasteiger partial charge in [0.25, 0.3) is 0 Å². The summed E-state index contributed by atoms with van der Waals surface area (Å²) < 4.78 is 12.0. The standard InChI is InChI=1S/C20H38O3Si/c1-4-24(5-2,6-3)23-19-15-11-9-7-8-10-12-17-20(21)22-18-14-13-16-19/h13,16,19H,4-12,14-15,17-18H2,1-3H3/b16-13+. The molecular weight excluding hydrogens is 316 g/mol. The van der Waals surface area contributed by atoms with Gasteiger partial charge in [-0.3, -0.25) is 4.79 Å². The van der Waals surface area contributed by atoms with Gasteiger partial charge in [0.1, 0.15) is 0 Å². The van der Waals surface area contributed by atoms with Crippen molar-refractivity contribution in [3.63, 3.8) is 0 Å². The van der Waals surface area contributed by atoms with E-state index < -0.39 is 8.32 Å². The lowest BCUT2D eigenvalue weighted by molar-refractivity contribution is -0.143. The first kappa shape index (κ1) is 21.4. The van der Waals surface area contributed by atoms with Crippen molar-refractivity contribution in [3.05, 3.63) is 12.2 Å². The molecule has 0 saturated heterocycles. The van der Waals surface area contributed by atoms with Gasteiger partial charge in [0.05, 0.1) is 12.7 Å². The Morgan fingerprint density at radius 3 is 2.33 bits per heavy atom. The van der Waals surface area contributed by atoms with Crippen LogP contribution in [0.1, 0.15) is 78.6 Å². The molecule has 1 rings (SSSR count). The third kappa shape index (κ3) is 8.47. The zero-order valence-corrected chi connectivity index (χ0v) is 17.1. The van der Waals surface area contributed by atoms with Crippen molar-refractivity contribution in [1.82, 2.24) is 0 Å². The van der Waals surface area contributed by atoms with Crippen LogP contribution in [0.3, 0.4) is 0 Å². The molecule has 0 N–H and O–H groups in total. The van der Waals surface area contributed by atoms with Crippen molar-refractivity contribution >= 4 is 14.3 Å². The minimum atomic E-state index is -1.57. The highest BCUT2D eigenvalue weighted by Crippen LogP contribution is 2.26. The minimum absolute atomic E-state index is 0.0413. The van der Waals surface area contributed by atoms with Crippen LogP contribution < -0.4 is 0 Å². The van der Waals surface area contributed by atoms with Gasteiger partial charge in [-0.25, -0.2) is 0 Å². The first-order chi connectivity index (χ1) is 11.7. The summed E-state index contributed by atoms with van der Waals surface area (Å²) in [6.07, 6.45) is 14.3. The van der Waals surface area contributed by atoms with Crippen molar-refractivity contribution in [2.45, 2.75) is 103 Å². The van der Waals surface area contributed by atoms with E-state index in [1.807, 2.05) is 0 Å². The van der Waals surface area contributed by atoms with E-state index in [4.69, 9.17) is 9.16 Å². The second kappa shape index (κ2) is 12.7. The maximum atomic E-state index is 11.6. The third-order valence-corrected chi connectivity index (χ3v) is 10.0. The molecule has 0 bridgehead atoms. The zero-order valence-electron chi connectivity index (χ0n) is 16.1. The fourth-order valence-electron chi connectivity index (χ4n) is 3.40. The number of rotatable bonds is 5. The molecule has 0 aromatic carbocycles. The molecule has 1 aliphatic heterocycles. The number of hydrogen-bond donors (Lipinski definition) is 0. The monoisotopic (exact) mass is 354 g/mol. The Morgan fingerprint density at radius 2 is 1.67 bits per heavy atom. The van der Waals surface area contributed by atoms with E-state index >= 15 is 0 Å². The van der Waals surface area contributed by atoms with Gasteiger partial charge < -0.3 is 9.16 Å². The van der Waals surface area contributed by atoms with Gasteiger partial charge in [-0.2, -0.15) is 0 Å². The van der Waals surface area contributed by atoms with Gasteiger partial charge in [-0.05, 0) is 37.4 Å². The zero-order chi connectivity index (χ0) is 17.7. The van der Waals surface area contributed by atoms with Gasteiger partial charge >= 0.3 is 5.97 Å². The van der Waals surface area contributed by atoms with Crippen molar-refractivity contribution in [3.8, 4) is 0 Å². The lowest BCUT2D eigenvalue weighted by Gasteiger charge is -2.32. The Balaban J connectivity index is 2.62. The Hall–Kier alpha value is -0.613. The second-order valence-electron chi connectivity index (χ2n) is 7.00. The summed E-state index contributed by atoms with van der Waals surface area (Å²) >= 11 is 0. The number of carbonyl (C=O) groups excluding carboxylic acids is 1. The van der Waals surface area contributed by atoms with Crippen molar-refractivity contribution in [1.29, 1.82) is 0 Å². The summed E-state index contributed by atoms with van der Waals surface area (Å²) in [7, 11) is -1.57. The lowest BCUT2D eigenvalue weighted by atomic mass is 10.1. The van der Waals surface area contributed by atoms with Crippen LogP contribution in [-0.2, 0) is 14.0 Å². The predicted octanol–water partition coefficient (Wildman–Crippen LogP) is 6.00. The molecule has 0 spiro atoms. The van der Waals surface area contributed by atoms with Crippen molar-refractivity contribution in [2.75, 3.05) is 6.61 Å². The predicted molar refractivity (Wildman–Crippen MR) is 104 cm³/mol. The van der Waals surface area contributed by atoms with Crippen LogP contribution in [0.2, 0.25) is 18.1 Å². The molecule has 0 aromatic rings. The average Bonchev–Trinajstić information content (AvgIpc) is 2.61. The van der Waals surface area contributed by atoms with E-state index in [9.17, 15) is 4.79 Å². The van der Waals surface area contributed by atoms with Gasteiger partial charge in [-0.15, -0.1) is 0 Å². The first-order valence-electron chi connectivity index (χ1n) is 10.2. The number of carbonyl (C=O) groups is 1. The normalized spacial score (nSPS) is 23.8. The Bertz CT molecular complexity index is 356. The molecule has 1 aliphatic rings. The highest BCUT2D eigenvalue weighted by atomic mass is 28.4. The molecule has 0 amide bonds. The number of cyclic esters (lactones) is 1. The molecule has 1 unspecified atom stereocenters. The van der Waals surface area contributed by atoms with Crippen LogP contribution >= 0.6 is 0 Å². The van der Waals surface area contributed by atoms with Gasteiger partial charge in [0.15, 0.2) is 8.32 Å². The summed E-state index contributed by atoms with van der Waals surface area (Å²) in [4.78, 5) is 11.6. The molecule has 3 nitrogen and oxygen atoms in total. The molecular formula is C20H38O3Si. The fourth-order valence-corrected chi connectivity index (χ4v) is 6.24. The van der Waals surface area contributed by atoms with Gasteiger partial charge in [0.2, 0.25) is 0 Å². The summed E-state index contributed by atoms with van der Waals surface area (Å²) in [5.74, 6) is -0.0413. The third-order valence-electron chi connectivity index (χ3n) is 5.35. The van der Waals surface area contributed by atoms with E-state index in [1.165, 1.54) is 43.8 Å². The highest BCUT2D eigenvalue weighted by Gasteiger charge is 2.31. The van der Waals surface area contributed by atoms with E-state index in [1.54, 1.807) is 0 Å². The largest absolute Gasteiger partial charge is 0.465 e.